The van der Waals surface area contributed by atoms with E-state index >= 15 is 0 Å². The first kappa shape index (κ1) is 21.6. The highest BCUT2D eigenvalue weighted by Crippen LogP contribution is 2.38. The minimum atomic E-state index is 0.0860. The first-order valence-corrected chi connectivity index (χ1v) is 9.46. The third-order valence-corrected chi connectivity index (χ3v) is 5.10. The van der Waals surface area contributed by atoms with Crippen molar-refractivity contribution in [2.45, 2.75) is 58.3 Å². The molecule has 2 rings (SSSR count). The maximum absolute atomic E-state index is 9.41. The van der Waals surface area contributed by atoms with Crippen LogP contribution in [-0.2, 0) is 11.2 Å². The van der Waals surface area contributed by atoms with Crippen molar-refractivity contribution in [3.8, 4) is 0 Å². The minimum Gasteiger partial charge on any atom is -0.396 e. The lowest BCUT2D eigenvalue weighted by Crippen LogP contribution is -2.26. The van der Waals surface area contributed by atoms with Crippen LogP contribution in [0.2, 0.25) is 0 Å². The van der Waals surface area contributed by atoms with E-state index in [-0.39, 0.29) is 19.1 Å². The largest absolute Gasteiger partial charge is 0.396 e. The molecular weight excluding hydrogens is 312 g/mol. The van der Waals surface area contributed by atoms with Crippen LogP contribution < -0.4 is 0 Å². The van der Waals surface area contributed by atoms with Crippen molar-refractivity contribution in [1.82, 2.24) is 0 Å². The molecule has 0 unspecified atom stereocenters. The maximum atomic E-state index is 9.41. The number of aliphatic hydroxyl groups excluding tert-OH is 2. The Balaban J connectivity index is 0.000000550. The summed E-state index contributed by atoms with van der Waals surface area (Å²) in [7, 11) is 0. The van der Waals surface area contributed by atoms with Crippen LogP contribution in [0.5, 0.6) is 0 Å². The second kappa shape index (κ2) is 12.0. The molecule has 1 fully saturated rings. The van der Waals surface area contributed by atoms with Crippen LogP contribution in [0.15, 0.2) is 36.4 Å². The van der Waals surface area contributed by atoms with Crippen LogP contribution in [0.1, 0.15) is 63.0 Å². The second-order valence-electron chi connectivity index (χ2n) is 7.19. The Morgan fingerprint density at radius 3 is 2.08 bits per heavy atom. The van der Waals surface area contributed by atoms with E-state index in [1.165, 1.54) is 36.8 Å². The molecule has 0 heterocycles. The summed E-state index contributed by atoms with van der Waals surface area (Å²) in [6, 6.07) is 9.14. The zero-order chi connectivity index (χ0) is 18.7. The topological polar surface area (TPSA) is 57.5 Å². The number of hydrogen-bond donors (Lipinski definition) is 2. The highest BCUT2D eigenvalue weighted by atomic mass is 16.3. The van der Waals surface area contributed by atoms with Crippen molar-refractivity contribution in [2.75, 3.05) is 13.2 Å². The van der Waals surface area contributed by atoms with E-state index in [0.29, 0.717) is 17.4 Å². The van der Waals surface area contributed by atoms with Gasteiger partial charge in [-0.3, -0.25) is 4.79 Å². The molecule has 0 atom stereocenters. The van der Waals surface area contributed by atoms with Crippen LogP contribution in [0.25, 0.3) is 0 Å². The van der Waals surface area contributed by atoms with Gasteiger partial charge in [-0.15, -0.1) is 0 Å². The van der Waals surface area contributed by atoms with E-state index in [9.17, 15) is 15.0 Å². The zero-order valence-electron chi connectivity index (χ0n) is 15.8. The quantitative estimate of drug-likeness (QED) is 0.572. The molecule has 0 aromatic heterocycles. The summed E-state index contributed by atoms with van der Waals surface area (Å²) in [5.74, 6) is 1.25. The standard InChI is InChI=1S/C18H28O2.C4H6O/c1-2-3-14-4-6-15(7-5-14)16-8-10-17(11-9-16)18(12-19)13-20;1-4(2)3-5/h4-7,16-20H,2-3,8-13H2,1H3;3H,1H2,2H3. The van der Waals surface area contributed by atoms with Gasteiger partial charge >= 0.3 is 0 Å². The molecule has 3 heteroatoms. The molecule has 1 aliphatic rings. The first-order chi connectivity index (χ1) is 12.0. The Bertz CT molecular complexity index is 495. The number of hydrogen-bond acceptors (Lipinski definition) is 3. The first-order valence-electron chi connectivity index (χ1n) is 9.46. The number of allylic oxidation sites excluding steroid dienone is 1. The van der Waals surface area contributed by atoms with Gasteiger partial charge in [0, 0.05) is 19.1 Å². The molecule has 0 bridgehead atoms. The summed E-state index contributed by atoms with van der Waals surface area (Å²) >= 11 is 0. The van der Waals surface area contributed by atoms with Crippen molar-refractivity contribution in [3.63, 3.8) is 0 Å². The smallest absolute Gasteiger partial charge is 0.145 e. The summed E-state index contributed by atoms with van der Waals surface area (Å²) in [4.78, 5) is 9.41. The second-order valence-corrected chi connectivity index (χ2v) is 7.19. The average molecular weight is 347 g/mol. The SMILES string of the molecule is C=C(C)C=O.CCCc1ccc(C2CCC(C(CO)CO)CC2)cc1. The molecule has 0 spiro atoms. The maximum Gasteiger partial charge on any atom is 0.145 e. The van der Waals surface area contributed by atoms with Gasteiger partial charge in [0.25, 0.3) is 0 Å². The van der Waals surface area contributed by atoms with E-state index in [4.69, 9.17) is 0 Å². The van der Waals surface area contributed by atoms with E-state index < -0.39 is 0 Å². The van der Waals surface area contributed by atoms with Crippen molar-refractivity contribution in [1.29, 1.82) is 0 Å². The fourth-order valence-corrected chi connectivity index (χ4v) is 3.52. The molecular formula is C22H34O3. The molecule has 2 N–H and O–H groups in total. The molecule has 0 aliphatic heterocycles. The van der Waals surface area contributed by atoms with Gasteiger partial charge in [-0.25, -0.2) is 0 Å². The number of aldehydes is 1. The normalized spacial score (nSPS) is 19.9. The summed E-state index contributed by atoms with van der Waals surface area (Å²) in [5, 5.41) is 18.6. The molecule has 25 heavy (non-hydrogen) atoms. The van der Waals surface area contributed by atoms with Gasteiger partial charge in [-0.2, -0.15) is 0 Å². The Morgan fingerprint density at radius 1 is 1.16 bits per heavy atom. The van der Waals surface area contributed by atoms with E-state index in [2.05, 4.69) is 37.8 Å². The fourth-order valence-electron chi connectivity index (χ4n) is 3.52. The van der Waals surface area contributed by atoms with Gasteiger partial charge < -0.3 is 10.2 Å². The number of aryl methyl sites for hydroxylation is 1. The van der Waals surface area contributed by atoms with Crippen molar-refractivity contribution >= 4 is 6.29 Å². The van der Waals surface area contributed by atoms with Crippen molar-refractivity contribution in [3.05, 3.63) is 47.5 Å². The monoisotopic (exact) mass is 346 g/mol. The van der Waals surface area contributed by atoms with Gasteiger partial charge in [0.15, 0.2) is 0 Å². The molecule has 1 aliphatic carbocycles. The van der Waals surface area contributed by atoms with Gasteiger partial charge in [-0.1, -0.05) is 44.2 Å². The summed E-state index contributed by atoms with van der Waals surface area (Å²) in [6.07, 6.45) is 7.73. The zero-order valence-corrected chi connectivity index (χ0v) is 15.8. The molecule has 0 radical (unpaired) electrons. The molecule has 0 saturated heterocycles. The molecule has 140 valence electrons. The molecule has 1 aromatic carbocycles. The Labute approximate surface area is 152 Å². The van der Waals surface area contributed by atoms with Crippen LogP contribution in [0.4, 0.5) is 0 Å². The molecule has 1 aromatic rings. The summed E-state index contributed by atoms with van der Waals surface area (Å²) < 4.78 is 0. The van der Waals surface area contributed by atoms with Gasteiger partial charge in [-0.05, 0) is 67.6 Å². The molecule has 3 nitrogen and oxygen atoms in total. The Morgan fingerprint density at radius 2 is 1.68 bits per heavy atom. The van der Waals surface area contributed by atoms with Crippen LogP contribution >= 0.6 is 0 Å². The lowest BCUT2D eigenvalue weighted by Gasteiger charge is -2.32. The number of rotatable bonds is 7. The third kappa shape index (κ3) is 7.54. The predicted octanol–water partition coefficient (Wildman–Crippen LogP) is 4.28. The summed E-state index contributed by atoms with van der Waals surface area (Å²) in [5.41, 5.74) is 3.48. The van der Waals surface area contributed by atoms with Gasteiger partial charge in [0.05, 0.1) is 0 Å². The molecule has 1 saturated carbocycles. The number of benzene rings is 1. The highest BCUT2D eigenvalue weighted by Gasteiger charge is 2.27. The Kier molecular flexibility index (Phi) is 10.4. The average Bonchev–Trinajstić information content (AvgIpc) is 2.65. The predicted molar refractivity (Wildman–Crippen MR) is 104 cm³/mol. The third-order valence-electron chi connectivity index (χ3n) is 5.10. The van der Waals surface area contributed by atoms with Crippen LogP contribution in [0.3, 0.4) is 0 Å². The molecule has 0 amide bonds. The Hall–Kier alpha value is -1.45. The lowest BCUT2D eigenvalue weighted by atomic mass is 9.74. The van der Waals surface area contributed by atoms with Crippen molar-refractivity contribution < 1.29 is 15.0 Å². The fraction of sp³-hybridized carbons (Fsp3) is 0.591. The number of carbonyl (C=O) groups is 1. The van der Waals surface area contributed by atoms with E-state index in [1.807, 2.05) is 0 Å². The number of carbonyl (C=O) groups excluding carboxylic acids is 1. The van der Waals surface area contributed by atoms with E-state index in [0.717, 1.165) is 19.1 Å². The number of aliphatic hydroxyl groups is 2. The minimum absolute atomic E-state index is 0.0860. The lowest BCUT2D eigenvalue weighted by molar-refractivity contribution is -0.104. The van der Waals surface area contributed by atoms with Gasteiger partial charge in [0.2, 0.25) is 0 Å². The van der Waals surface area contributed by atoms with Crippen LogP contribution in [0, 0.1) is 11.8 Å². The van der Waals surface area contributed by atoms with Crippen LogP contribution in [-0.4, -0.2) is 29.7 Å². The van der Waals surface area contributed by atoms with Gasteiger partial charge in [0.1, 0.15) is 6.29 Å². The van der Waals surface area contributed by atoms with Crippen molar-refractivity contribution in [2.24, 2.45) is 11.8 Å². The summed E-state index contributed by atoms with van der Waals surface area (Å²) in [6.45, 7) is 7.43. The highest BCUT2D eigenvalue weighted by molar-refractivity contribution is 5.70. The van der Waals surface area contributed by atoms with E-state index in [1.54, 1.807) is 6.92 Å².